The molecule has 0 aliphatic heterocycles. The fraction of sp³-hybridized carbons (Fsp3) is 0.0667. The summed E-state index contributed by atoms with van der Waals surface area (Å²) in [5, 5.41) is 13.7. The molecule has 0 aliphatic carbocycles. The minimum Gasteiger partial charge on any atom is -0.484 e. The molecule has 8 heteroatoms. The SMILES string of the molecule is O=C(COc1ccc([N+](=O)[O-])cc1)Nc1nc2ccccc2s1. The third-order valence-corrected chi connectivity index (χ3v) is 3.91. The molecule has 0 saturated heterocycles. The number of amides is 1. The Morgan fingerprint density at radius 2 is 1.96 bits per heavy atom. The number of non-ortho nitro benzene ring substituents is 1. The van der Waals surface area contributed by atoms with Gasteiger partial charge in [0.1, 0.15) is 5.75 Å². The van der Waals surface area contributed by atoms with Crippen molar-refractivity contribution in [2.45, 2.75) is 0 Å². The first-order valence-corrected chi connectivity index (χ1v) is 7.46. The molecule has 3 aromatic rings. The highest BCUT2D eigenvalue weighted by molar-refractivity contribution is 7.22. The van der Waals surface area contributed by atoms with E-state index in [0.717, 1.165) is 10.2 Å². The largest absolute Gasteiger partial charge is 0.484 e. The second-order valence-corrected chi connectivity index (χ2v) is 5.61. The van der Waals surface area contributed by atoms with Crippen molar-refractivity contribution in [1.82, 2.24) is 4.98 Å². The highest BCUT2D eigenvalue weighted by Crippen LogP contribution is 2.25. The van der Waals surface area contributed by atoms with Gasteiger partial charge in [-0.2, -0.15) is 0 Å². The summed E-state index contributed by atoms with van der Waals surface area (Å²) in [6.07, 6.45) is 0. The average Bonchev–Trinajstić information content (AvgIpc) is 2.95. The molecule has 1 aromatic heterocycles. The number of carbonyl (C=O) groups excluding carboxylic acids is 1. The minimum atomic E-state index is -0.496. The van der Waals surface area contributed by atoms with E-state index in [-0.39, 0.29) is 18.2 Å². The Labute approximate surface area is 134 Å². The summed E-state index contributed by atoms with van der Waals surface area (Å²) in [7, 11) is 0. The van der Waals surface area contributed by atoms with Crippen LogP contribution in [-0.4, -0.2) is 22.4 Å². The van der Waals surface area contributed by atoms with Crippen molar-refractivity contribution in [2.75, 3.05) is 11.9 Å². The highest BCUT2D eigenvalue weighted by Gasteiger charge is 2.09. The van der Waals surface area contributed by atoms with Crippen molar-refractivity contribution in [2.24, 2.45) is 0 Å². The van der Waals surface area contributed by atoms with Crippen LogP contribution in [0.5, 0.6) is 5.75 Å². The van der Waals surface area contributed by atoms with Crippen molar-refractivity contribution < 1.29 is 14.5 Å². The van der Waals surface area contributed by atoms with Crippen LogP contribution in [0.15, 0.2) is 48.5 Å². The van der Waals surface area contributed by atoms with E-state index in [4.69, 9.17) is 4.74 Å². The Balaban J connectivity index is 1.57. The number of thiazole rings is 1. The molecule has 0 bridgehead atoms. The lowest BCUT2D eigenvalue weighted by molar-refractivity contribution is -0.384. The van der Waals surface area contributed by atoms with Gasteiger partial charge < -0.3 is 4.74 Å². The van der Waals surface area contributed by atoms with Gasteiger partial charge in [0.05, 0.1) is 15.1 Å². The molecular formula is C15H11N3O4S. The van der Waals surface area contributed by atoms with Crippen molar-refractivity contribution in [3.63, 3.8) is 0 Å². The maximum atomic E-state index is 11.9. The molecule has 7 nitrogen and oxygen atoms in total. The van der Waals surface area contributed by atoms with Crippen LogP contribution in [0.2, 0.25) is 0 Å². The van der Waals surface area contributed by atoms with Gasteiger partial charge >= 0.3 is 0 Å². The molecule has 0 spiro atoms. The van der Waals surface area contributed by atoms with E-state index >= 15 is 0 Å². The molecule has 0 atom stereocenters. The zero-order chi connectivity index (χ0) is 16.2. The summed E-state index contributed by atoms with van der Waals surface area (Å²) in [6.45, 7) is -0.201. The molecule has 3 rings (SSSR count). The van der Waals surface area contributed by atoms with Crippen LogP contribution in [0.4, 0.5) is 10.8 Å². The zero-order valence-corrected chi connectivity index (χ0v) is 12.6. The predicted octanol–water partition coefficient (Wildman–Crippen LogP) is 3.22. The smallest absolute Gasteiger partial charge is 0.269 e. The summed E-state index contributed by atoms with van der Waals surface area (Å²) in [4.78, 5) is 26.2. The van der Waals surface area contributed by atoms with Crippen molar-refractivity contribution >= 4 is 38.3 Å². The Bertz CT molecular complexity index is 828. The Hall–Kier alpha value is -3.00. The summed E-state index contributed by atoms with van der Waals surface area (Å²) < 4.78 is 6.28. The third-order valence-electron chi connectivity index (χ3n) is 2.96. The maximum absolute atomic E-state index is 11.9. The summed E-state index contributed by atoms with van der Waals surface area (Å²) in [5.41, 5.74) is 0.792. The second kappa shape index (κ2) is 6.41. The van der Waals surface area contributed by atoms with Crippen LogP contribution < -0.4 is 10.1 Å². The highest BCUT2D eigenvalue weighted by atomic mass is 32.1. The summed E-state index contributed by atoms with van der Waals surface area (Å²) >= 11 is 1.38. The number of ether oxygens (including phenoxy) is 1. The first-order valence-electron chi connectivity index (χ1n) is 6.64. The summed E-state index contributed by atoms with van der Waals surface area (Å²) in [6, 6.07) is 13.1. The Kier molecular flexibility index (Phi) is 4.15. The fourth-order valence-corrected chi connectivity index (χ4v) is 2.78. The molecule has 23 heavy (non-hydrogen) atoms. The van der Waals surface area contributed by atoms with Gasteiger partial charge in [0, 0.05) is 12.1 Å². The lowest BCUT2D eigenvalue weighted by Crippen LogP contribution is -2.19. The zero-order valence-electron chi connectivity index (χ0n) is 11.8. The molecule has 0 aliphatic rings. The molecule has 1 heterocycles. The summed E-state index contributed by atoms with van der Waals surface area (Å²) in [5.74, 6) is 0.0393. The molecular weight excluding hydrogens is 318 g/mol. The van der Waals surface area contributed by atoms with Gasteiger partial charge in [-0.1, -0.05) is 23.5 Å². The lowest BCUT2D eigenvalue weighted by Gasteiger charge is -2.05. The topological polar surface area (TPSA) is 94.4 Å². The molecule has 1 N–H and O–H groups in total. The van der Waals surface area contributed by atoms with Gasteiger partial charge in [-0.25, -0.2) is 4.98 Å². The number of carbonyl (C=O) groups is 1. The van der Waals surface area contributed by atoms with E-state index < -0.39 is 4.92 Å². The minimum absolute atomic E-state index is 0.0312. The number of nitro benzene ring substituents is 1. The molecule has 0 unspecified atom stereocenters. The molecule has 2 aromatic carbocycles. The lowest BCUT2D eigenvalue weighted by atomic mass is 10.3. The number of para-hydroxylation sites is 1. The Morgan fingerprint density at radius 3 is 2.65 bits per heavy atom. The number of hydrogen-bond donors (Lipinski definition) is 1. The van der Waals surface area contributed by atoms with E-state index in [9.17, 15) is 14.9 Å². The maximum Gasteiger partial charge on any atom is 0.269 e. The average molecular weight is 329 g/mol. The number of rotatable bonds is 5. The Morgan fingerprint density at radius 1 is 1.22 bits per heavy atom. The number of aromatic nitrogens is 1. The third kappa shape index (κ3) is 3.61. The standard InChI is InChI=1S/C15H11N3O4S/c19-14(9-22-11-7-5-10(6-8-11)18(20)21)17-15-16-12-3-1-2-4-13(12)23-15/h1-8H,9H2,(H,16,17,19). The van der Waals surface area contributed by atoms with Crippen LogP contribution in [0.3, 0.4) is 0 Å². The van der Waals surface area contributed by atoms with Gasteiger partial charge in [-0.05, 0) is 24.3 Å². The predicted molar refractivity (Wildman–Crippen MR) is 86.8 cm³/mol. The van der Waals surface area contributed by atoms with Gasteiger partial charge in [-0.15, -0.1) is 0 Å². The first-order chi connectivity index (χ1) is 11.1. The number of hydrogen-bond acceptors (Lipinski definition) is 6. The normalized spacial score (nSPS) is 10.4. The van der Waals surface area contributed by atoms with E-state index in [1.165, 1.54) is 35.6 Å². The van der Waals surface area contributed by atoms with Gasteiger partial charge in [0.15, 0.2) is 11.7 Å². The molecule has 0 saturated carbocycles. The number of nitrogens with zero attached hydrogens (tertiary/aromatic N) is 2. The van der Waals surface area contributed by atoms with E-state index in [1.54, 1.807) is 0 Å². The van der Waals surface area contributed by atoms with Crippen molar-refractivity contribution in [1.29, 1.82) is 0 Å². The van der Waals surface area contributed by atoms with E-state index in [2.05, 4.69) is 10.3 Å². The van der Waals surface area contributed by atoms with Crippen molar-refractivity contribution in [3.05, 3.63) is 58.6 Å². The molecule has 116 valence electrons. The van der Waals surface area contributed by atoms with Crippen LogP contribution in [0, 0.1) is 10.1 Å². The second-order valence-electron chi connectivity index (χ2n) is 4.57. The van der Waals surface area contributed by atoms with Crippen LogP contribution in [0.1, 0.15) is 0 Å². The van der Waals surface area contributed by atoms with Gasteiger partial charge in [0.25, 0.3) is 11.6 Å². The quantitative estimate of drug-likeness (QED) is 0.573. The van der Waals surface area contributed by atoms with E-state index in [0.29, 0.717) is 10.9 Å². The van der Waals surface area contributed by atoms with Crippen LogP contribution in [-0.2, 0) is 4.79 Å². The number of benzene rings is 2. The number of anilines is 1. The van der Waals surface area contributed by atoms with Gasteiger partial charge in [-0.3, -0.25) is 20.2 Å². The number of nitrogens with one attached hydrogen (secondary N) is 1. The monoisotopic (exact) mass is 329 g/mol. The van der Waals surface area contributed by atoms with Crippen molar-refractivity contribution in [3.8, 4) is 5.75 Å². The molecule has 0 radical (unpaired) electrons. The first kappa shape index (κ1) is 14.9. The van der Waals surface area contributed by atoms with Gasteiger partial charge in [0.2, 0.25) is 0 Å². The number of nitro groups is 1. The molecule has 0 fully saturated rings. The number of fused-ring (bicyclic) bond motifs is 1. The van der Waals surface area contributed by atoms with E-state index in [1.807, 2.05) is 24.3 Å². The molecule has 1 amide bonds. The fourth-order valence-electron chi connectivity index (χ4n) is 1.89. The van der Waals surface area contributed by atoms with Crippen LogP contribution in [0.25, 0.3) is 10.2 Å². The van der Waals surface area contributed by atoms with Crippen LogP contribution >= 0.6 is 11.3 Å².